The number of halogens is 1. The average molecular weight is 278 g/mol. The van der Waals surface area contributed by atoms with Gasteiger partial charge < -0.3 is 16.0 Å². The van der Waals surface area contributed by atoms with Gasteiger partial charge in [-0.25, -0.2) is 0 Å². The van der Waals surface area contributed by atoms with Crippen LogP contribution in [0, 0.1) is 5.92 Å². The van der Waals surface area contributed by atoms with E-state index in [4.69, 9.17) is 5.73 Å². The van der Waals surface area contributed by atoms with E-state index in [0.717, 1.165) is 18.9 Å². The van der Waals surface area contributed by atoms with Gasteiger partial charge in [0.15, 0.2) is 0 Å². The Balaban J connectivity index is 0.00000289. The summed E-state index contributed by atoms with van der Waals surface area (Å²) in [6, 6.07) is 0. The number of carbonyl (C=O) groups is 1. The number of unbranched alkanes of at least 4 members (excludes halogenated alkanes) is 1. The molecule has 1 saturated heterocycles. The van der Waals surface area contributed by atoms with Gasteiger partial charge >= 0.3 is 0 Å². The van der Waals surface area contributed by atoms with Crippen LogP contribution in [0.5, 0.6) is 0 Å². The molecular formula is C13H28ClN3O. The van der Waals surface area contributed by atoms with E-state index in [1.807, 2.05) is 0 Å². The Morgan fingerprint density at radius 3 is 2.61 bits per heavy atom. The van der Waals surface area contributed by atoms with E-state index in [9.17, 15) is 4.79 Å². The summed E-state index contributed by atoms with van der Waals surface area (Å²) in [6.07, 6.45) is 5.38. The lowest BCUT2D eigenvalue weighted by atomic mass is 9.99. The minimum absolute atomic E-state index is 0. The third kappa shape index (κ3) is 7.90. The first kappa shape index (κ1) is 17.7. The van der Waals surface area contributed by atoms with Crippen LogP contribution in [0.25, 0.3) is 0 Å². The lowest BCUT2D eigenvalue weighted by Crippen LogP contribution is -2.34. The molecule has 108 valence electrons. The van der Waals surface area contributed by atoms with Crippen molar-refractivity contribution in [2.24, 2.45) is 11.7 Å². The quantitative estimate of drug-likeness (QED) is 0.692. The highest BCUT2D eigenvalue weighted by Gasteiger charge is 2.14. The third-order valence-electron chi connectivity index (χ3n) is 3.47. The van der Waals surface area contributed by atoms with Gasteiger partial charge in [-0.05, 0) is 51.2 Å². The van der Waals surface area contributed by atoms with Gasteiger partial charge in [0.1, 0.15) is 0 Å². The molecule has 1 heterocycles. The summed E-state index contributed by atoms with van der Waals surface area (Å²) in [5.41, 5.74) is 5.30. The SMILES string of the molecule is CC1CCN(CCCCNC(=O)CCN)CC1.Cl. The normalized spacial score (nSPS) is 17.2. The number of amides is 1. The van der Waals surface area contributed by atoms with Crippen LogP contribution in [0.4, 0.5) is 0 Å². The molecule has 0 radical (unpaired) electrons. The van der Waals surface area contributed by atoms with Gasteiger partial charge in [0.2, 0.25) is 5.91 Å². The molecule has 0 saturated carbocycles. The second-order valence-corrected chi connectivity index (χ2v) is 5.12. The summed E-state index contributed by atoms with van der Waals surface area (Å²) in [5, 5.41) is 2.89. The van der Waals surface area contributed by atoms with E-state index in [2.05, 4.69) is 17.1 Å². The summed E-state index contributed by atoms with van der Waals surface area (Å²) in [6.45, 7) is 7.26. The van der Waals surface area contributed by atoms with Crippen molar-refractivity contribution in [2.45, 2.75) is 39.0 Å². The van der Waals surface area contributed by atoms with Crippen LogP contribution in [0.3, 0.4) is 0 Å². The standard InChI is InChI=1S/C13H27N3O.ClH/c1-12-5-10-16(11-6-12)9-3-2-8-15-13(17)4-7-14;/h12H,2-11,14H2,1H3,(H,15,17);1H. The van der Waals surface area contributed by atoms with E-state index < -0.39 is 0 Å². The fourth-order valence-corrected chi connectivity index (χ4v) is 2.19. The van der Waals surface area contributed by atoms with Gasteiger partial charge in [0, 0.05) is 19.5 Å². The zero-order chi connectivity index (χ0) is 12.5. The number of nitrogens with zero attached hydrogens (tertiary/aromatic N) is 1. The van der Waals surface area contributed by atoms with E-state index >= 15 is 0 Å². The van der Waals surface area contributed by atoms with Crippen molar-refractivity contribution in [3.05, 3.63) is 0 Å². The number of carbonyl (C=O) groups excluding carboxylic acids is 1. The van der Waals surface area contributed by atoms with Crippen LogP contribution >= 0.6 is 12.4 Å². The van der Waals surface area contributed by atoms with Crippen molar-refractivity contribution < 1.29 is 4.79 Å². The van der Waals surface area contributed by atoms with Crippen LogP contribution in [-0.2, 0) is 4.79 Å². The Morgan fingerprint density at radius 1 is 1.33 bits per heavy atom. The molecule has 0 bridgehead atoms. The molecule has 1 rings (SSSR count). The van der Waals surface area contributed by atoms with E-state index in [1.165, 1.54) is 38.9 Å². The molecular weight excluding hydrogens is 250 g/mol. The van der Waals surface area contributed by atoms with Crippen LogP contribution in [0.2, 0.25) is 0 Å². The van der Waals surface area contributed by atoms with Crippen LogP contribution in [0.1, 0.15) is 39.0 Å². The Bertz CT molecular complexity index is 218. The minimum atomic E-state index is 0. The summed E-state index contributed by atoms with van der Waals surface area (Å²) < 4.78 is 0. The molecule has 0 atom stereocenters. The van der Waals surface area contributed by atoms with Crippen molar-refractivity contribution in [3.8, 4) is 0 Å². The number of likely N-dealkylation sites (tertiary alicyclic amines) is 1. The Labute approximate surface area is 117 Å². The maximum absolute atomic E-state index is 11.1. The highest BCUT2D eigenvalue weighted by atomic mass is 35.5. The van der Waals surface area contributed by atoms with E-state index in [0.29, 0.717) is 13.0 Å². The fourth-order valence-electron chi connectivity index (χ4n) is 2.19. The summed E-state index contributed by atoms with van der Waals surface area (Å²) >= 11 is 0. The largest absolute Gasteiger partial charge is 0.356 e. The molecule has 1 amide bonds. The monoisotopic (exact) mass is 277 g/mol. The predicted molar refractivity (Wildman–Crippen MR) is 78.0 cm³/mol. The summed E-state index contributed by atoms with van der Waals surface area (Å²) in [4.78, 5) is 13.7. The molecule has 0 aromatic rings. The van der Waals surface area contributed by atoms with E-state index in [-0.39, 0.29) is 18.3 Å². The maximum Gasteiger partial charge on any atom is 0.221 e. The first-order valence-corrected chi connectivity index (χ1v) is 6.91. The van der Waals surface area contributed by atoms with Gasteiger partial charge in [-0.15, -0.1) is 12.4 Å². The second kappa shape index (κ2) is 10.6. The van der Waals surface area contributed by atoms with Crippen molar-refractivity contribution >= 4 is 18.3 Å². The number of rotatable bonds is 7. The molecule has 1 fully saturated rings. The smallest absolute Gasteiger partial charge is 0.221 e. The molecule has 3 N–H and O–H groups in total. The van der Waals surface area contributed by atoms with Crippen molar-refractivity contribution in [1.29, 1.82) is 0 Å². The van der Waals surface area contributed by atoms with Crippen molar-refractivity contribution in [3.63, 3.8) is 0 Å². The van der Waals surface area contributed by atoms with Crippen LogP contribution in [-0.4, -0.2) is 43.5 Å². The van der Waals surface area contributed by atoms with Gasteiger partial charge in [0.25, 0.3) is 0 Å². The number of hydrogen-bond donors (Lipinski definition) is 2. The zero-order valence-electron chi connectivity index (χ0n) is 11.5. The topological polar surface area (TPSA) is 58.4 Å². The highest BCUT2D eigenvalue weighted by Crippen LogP contribution is 2.15. The van der Waals surface area contributed by atoms with E-state index in [1.54, 1.807) is 0 Å². The number of nitrogens with two attached hydrogens (primary N) is 1. The lowest BCUT2D eigenvalue weighted by molar-refractivity contribution is -0.120. The molecule has 18 heavy (non-hydrogen) atoms. The summed E-state index contributed by atoms with van der Waals surface area (Å²) in [7, 11) is 0. The predicted octanol–water partition coefficient (Wildman–Crippen LogP) is 1.39. The molecule has 0 unspecified atom stereocenters. The van der Waals surface area contributed by atoms with Gasteiger partial charge in [-0.2, -0.15) is 0 Å². The van der Waals surface area contributed by atoms with Gasteiger partial charge in [-0.3, -0.25) is 4.79 Å². The highest BCUT2D eigenvalue weighted by molar-refractivity contribution is 5.85. The van der Waals surface area contributed by atoms with Crippen LogP contribution < -0.4 is 11.1 Å². The van der Waals surface area contributed by atoms with Crippen molar-refractivity contribution in [2.75, 3.05) is 32.7 Å². The second-order valence-electron chi connectivity index (χ2n) is 5.12. The van der Waals surface area contributed by atoms with Crippen LogP contribution in [0.15, 0.2) is 0 Å². The number of nitrogens with one attached hydrogen (secondary N) is 1. The molecule has 0 aromatic heterocycles. The molecule has 0 aromatic carbocycles. The average Bonchev–Trinajstić information content (AvgIpc) is 2.31. The van der Waals surface area contributed by atoms with Gasteiger partial charge in [-0.1, -0.05) is 6.92 Å². The number of hydrogen-bond acceptors (Lipinski definition) is 3. The Kier molecular flexibility index (Phi) is 10.4. The molecule has 0 spiro atoms. The third-order valence-corrected chi connectivity index (χ3v) is 3.47. The van der Waals surface area contributed by atoms with Crippen molar-refractivity contribution in [1.82, 2.24) is 10.2 Å². The first-order valence-electron chi connectivity index (χ1n) is 6.91. The lowest BCUT2D eigenvalue weighted by Gasteiger charge is -2.30. The summed E-state index contributed by atoms with van der Waals surface area (Å²) in [5.74, 6) is 0.987. The fraction of sp³-hybridized carbons (Fsp3) is 0.923. The molecule has 1 aliphatic rings. The molecule has 0 aliphatic carbocycles. The molecule has 1 aliphatic heterocycles. The molecule has 4 nitrogen and oxygen atoms in total. The minimum Gasteiger partial charge on any atom is -0.356 e. The Hall–Kier alpha value is -0.320. The zero-order valence-corrected chi connectivity index (χ0v) is 12.3. The molecule has 5 heteroatoms. The number of piperidine rings is 1. The maximum atomic E-state index is 11.1. The Morgan fingerprint density at radius 2 is 2.00 bits per heavy atom. The first-order chi connectivity index (χ1) is 8.22. The van der Waals surface area contributed by atoms with Gasteiger partial charge in [0.05, 0.1) is 0 Å².